The molecule has 0 aromatic heterocycles. The Morgan fingerprint density at radius 3 is 2.90 bits per heavy atom. The van der Waals surface area contributed by atoms with Crippen molar-refractivity contribution in [2.24, 2.45) is 5.92 Å². The van der Waals surface area contributed by atoms with Crippen LogP contribution in [0.1, 0.15) is 19.8 Å². The molecule has 0 spiro atoms. The van der Waals surface area contributed by atoms with Gasteiger partial charge in [0.15, 0.2) is 0 Å². The van der Waals surface area contributed by atoms with Gasteiger partial charge < -0.3 is 10.4 Å². The molecule has 1 saturated heterocycles. The standard InChI is InChI=1S/C15H19FN2O3/c1-10-5-7-18(14(10)15(20)21)8-6-13(19)17-12-4-2-3-11(16)9-12/h2-4,9-10,14H,5-8H2,1H3,(H,17,19)(H,20,21). The van der Waals surface area contributed by atoms with E-state index >= 15 is 0 Å². The minimum Gasteiger partial charge on any atom is -0.480 e. The Bertz CT molecular complexity index is 535. The summed E-state index contributed by atoms with van der Waals surface area (Å²) in [6, 6.07) is 5.16. The van der Waals surface area contributed by atoms with Crippen molar-refractivity contribution in [1.82, 2.24) is 4.90 Å². The number of aliphatic carboxylic acids is 1. The summed E-state index contributed by atoms with van der Waals surface area (Å²) in [5.41, 5.74) is 0.407. The zero-order valence-corrected chi connectivity index (χ0v) is 11.9. The van der Waals surface area contributed by atoms with E-state index in [1.54, 1.807) is 6.07 Å². The number of rotatable bonds is 5. The highest BCUT2D eigenvalue weighted by Crippen LogP contribution is 2.24. The first-order chi connectivity index (χ1) is 9.97. The van der Waals surface area contributed by atoms with Crippen LogP contribution in [0.25, 0.3) is 0 Å². The molecule has 1 aliphatic heterocycles. The van der Waals surface area contributed by atoms with Gasteiger partial charge in [0.2, 0.25) is 5.91 Å². The SMILES string of the molecule is CC1CCN(CCC(=O)Nc2cccc(F)c2)C1C(=O)O. The average Bonchev–Trinajstić information content (AvgIpc) is 2.77. The number of carbonyl (C=O) groups is 2. The van der Waals surface area contributed by atoms with E-state index in [2.05, 4.69) is 5.32 Å². The van der Waals surface area contributed by atoms with Crippen molar-refractivity contribution in [3.63, 3.8) is 0 Å². The molecule has 5 nitrogen and oxygen atoms in total. The lowest BCUT2D eigenvalue weighted by molar-refractivity contribution is -0.143. The lowest BCUT2D eigenvalue weighted by atomic mass is 10.0. The molecule has 2 unspecified atom stereocenters. The number of hydrogen-bond acceptors (Lipinski definition) is 3. The van der Waals surface area contributed by atoms with Gasteiger partial charge in [0.05, 0.1) is 0 Å². The maximum Gasteiger partial charge on any atom is 0.321 e. The second-order valence-corrected chi connectivity index (χ2v) is 5.39. The second kappa shape index (κ2) is 6.67. The minimum absolute atomic E-state index is 0.0915. The number of amides is 1. The fraction of sp³-hybridized carbons (Fsp3) is 0.467. The predicted molar refractivity (Wildman–Crippen MR) is 76.4 cm³/mol. The fourth-order valence-corrected chi connectivity index (χ4v) is 2.71. The maximum absolute atomic E-state index is 13.0. The van der Waals surface area contributed by atoms with Gasteiger partial charge in [0, 0.05) is 18.7 Å². The Hall–Kier alpha value is -1.95. The molecule has 2 rings (SSSR count). The summed E-state index contributed by atoms with van der Waals surface area (Å²) in [5, 5.41) is 11.8. The molecule has 0 radical (unpaired) electrons. The first kappa shape index (κ1) is 15.4. The van der Waals surface area contributed by atoms with Crippen LogP contribution in [-0.4, -0.2) is 41.0 Å². The molecule has 21 heavy (non-hydrogen) atoms. The number of nitrogens with zero attached hydrogens (tertiary/aromatic N) is 1. The van der Waals surface area contributed by atoms with Crippen molar-refractivity contribution in [3.05, 3.63) is 30.1 Å². The van der Waals surface area contributed by atoms with Crippen LogP contribution in [0.3, 0.4) is 0 Å². The summed E-state index contributed by atoms with van der Waals surface area (Å²) in [5.74, 6) is -1.41. The molecule has 0 aliphatic carbocycles. The van der Waals surface area contributed by atoms with Crippen molar-refractivity contribution in [2.45, 2.75) is 25.8 Å². The number of carbonyl (C=O) groups excluding carboxylic acids is 1. The molecule has 1 amide bonds. The molecule has 2 N–H and O–H groups in total. The average molecular weight is 294 g/mol. The van der Waals surface area contributed by atoms with E-state index in [0.717, 1.165) is 6.42 Å². The maximum atomic E-state index is 13.0. The lowest BCUT2D eigenvalue weighted by Crippen LogP contribution is -2.40. The van der Waals surface area contributed by atoms with E-state index in [9.17, 15) is 19.1 Å². The quantitative estimate of drug-likeness (QED) is 0.871. The van der Waals surface area contributed by atoms with E-state index in [1.165, 1.54) is 18.2 Å². The first-order valence-corrected chi connectivity index (χ1v) is 6.99. The van der Waals surface area contributed by atoms with E-state index < -0.39 is 17.8 Å². The van der Waals surface area contributed by atoms with Crippen LogP contribution in [0.2, 0.25) is 0 Å². The smallest absolute Gasteiger partial charge is 0.321 e. The van der Waals surface area contributed by atoms with Crippen LogP contribution < -0.4 is 5.32 Å². The Morgan fingerprint density at radius 2 is 2.24 bits per heavy atom. The molecule has 1 aliphatic rings. The summed E-state index contributed by atoms with van der Waals surface area (Å²) in [4.78, 5) is 24.9. The van der Waals surface area contributed by atoms with E-state index in [-0.39, 0.29) is 18.2 Å². The lowest BCUT2D eigenvalue weighted by Gasteiger charge is -2.22. The fourth-order valence-electron chi connectivity index (χ4n) is 2.71. The van der Waals surface area contributed by atoms with Gasteiger partial charge in [-0.1, -0.05) is 13.0 Å². The molecule has 2 atom stereocenters. The zero-order valence-electron chi connectivity index (χ0n) is 11.9. The summed E-state index contributed by atoms with van der Waals surface area (Å²) in [6.07, 6.45) is 1.01. The Balaban J connectivity index is 1.85. The Labute approximate surface area is 122 Å². The van der Waals surface area contributed by atoms with Crippen LogP contribution in [0.5, 0.6) is 0 Å². The van der Waals surface area contributed by atoms with Gasteiger partial charge in [-0.05, 0) is 37.1 Å². The number of likely N-dealkylation sites (tertiary alicyclic amines) is 1. The van der Waals surface area contributed by atoms with Crippen molar-refractivity contribution in [3.8, 4) is 0 Å². The van der Waals surface area contributed by atoms with Crippen LogP contribution >= 0.6 is 0 Å². The molecule has 0 saturated carbocycles. The molecule has 1 heterocycles. The van der Waals surface area contributed by atoms with Crippen molar-refractivity contribution >= 4 is 17.6 Å². The molecular formula is C15H19FN2O3. The number of halogens is 1. The van der Waals surface area contributed by atoms with Crippen LogP contribution in [-0.2, 0) is 9.59 Å². The third kappa shape index (κ3) is 4.01. The van der Waals surface area contributed by atoms with Gasteiger partial charge >= 0.3 is 5.97 Å². The van der Waals surface area contributed by atoms with Gasteiger partial charge in [0.25, 0.3) is 0 Å². The van der Waals surface area contributed by atoms with Crippen molar-refractivity contribution < 1.29 is 19.1 Å². The van der Waals surface area contributed by atoms with Gasteiger partial charge in [-0.2, -0.15) is 0 Å². The normalized spacial score (nSPS) is 22.2. The molecule has 0 bridgehead atoms. The van der Waals surface area contributed by atoms with E-state index in [0.29, 0.717) is 18.8 Å². The highest BCUT2D eigenvalue weighted by atomic mass is 19.1. The third-order valence-corrected chi connectivity index (χ3v) is 3.79. The summed E-state index contributed by atoms with van der Waals surface area (Å²) in [6.45, 7) is 2.99. The van der Waals surface area contributed by atoms with Crippen molar-refractivity contribution in [2.75, 3.05) is 18.4 Å². The third-order valence-electron chi connectivity index (χ3n) is 3.79. The summed E-state index contributed by atoms with van der Waals surface area (Å²) < 4.78 is 13.0. The topological polar surface area (TPSA) is 69.6 Å². The Kier molecular flexibility index (Phi) is 4.90. The van der Waals surface area contributed by atoms with Crippen molar-refractivity contribution in [1.29, 1.82) is 0 Å². The van der Waals surface area contributed by atoms with Crippen LogP contribution in [0, 0.1) is 11.7 Å². The van der Waals surface area contributed by atoms with Gasteiger partial charge in [0.1, 0.15) is 11.9 Å². The number of carboxylic acid groups (broad SMARTS) is 1. The monoisotopic (exact) mass is 294 g/mol. The highest BCUT2D eigenvalue weighted by Gasteiger charge is 2.36. The van der Waals surface area contributed by atoms with Crippen LogP contribution in [0.4, 0.5) is 10.1 Å². The van der Waals surface area contributed by atoms with Gasteiger partial charge in [-0.15, -0.1) is 0 Å². The molecule has 1 aromatic rings. The van der Waals surface area contributed by atoms with Gasteiger partial charge in [-0.3, -0.25) is 14.5 Å². The second-order valence-electron chi connectivity index (χ2n) is 5.39. The van der Waals surface area contributed by atoms with E-state index in [1.807, 2.05) is 11.8 Å². The number of benzene rings is 1. The van der Waals surface area contributed by atoms with Crippen LogP contribution in [0.15, 0.2) is 24.3 Å². The Morgan fingerprint density at radius 1 is 1.48 bits per heavy atom. The zero-order chi connectivity index (χ0) is 15.4. The molecule has 6 heteroatoms. The molecule has 1 aromatic carbocycles. The number of carboxylic acids is 1. The number of anilines is 1. The predicted octanol–water partition coefficient (Wildman–Crippen LogP) is 1.95. The van der Waals surface area contributed by atoms with Gasteiger partial charge in [-0.25, -0.2) is 4.39 Å². The summed E-state index contributed by atoms with van der Waals surface area (Å²) >= 11 is 0. The minimum atomic E-state index is -0.842. The largest absolute Gasteiger partial charge is 0.480 e. The highest BCUT2D eigenvalue weighted by molar-refractivity contribution is 5.90. The molecular weight excluding hydrogens is 275 g/mol. The number of hydrogen-bond donors (Lipinski definition) is 2. The first-order valence-electron chi connectivity index (χ1n) is 6.99. The van der Waals surface area contributed by atoms with E-state index in [4.69, 9.17) is 0 Å². The summed E-state index contributed by atoms with van der Waals surface area (Å²) in [7, 11) is 0. The molecule has 1 fully saturated rings. The number of nitrogens with one attached hydrogen (secondary N) is 1. The molecule has 114 valence electrons.